The van der Waals surface area contributed by atoms with Crippen LogP contribution in [0, 0.1) is 5.82 Å². The molecule has 0 N–H and O–H groups in total. The summed E-state index contributed by atoms with van der Waals surface area (Å²) in [6.07, 6.45) is 0. The quantitative estimate of drug-likeness (QED) is 0.169. The Balaban J connectivity index is 1.49. The molecule has 10 rings (SSSR count). The first kappa shape index (κ1) is 33.9. The van der Waals surface area contributed by atoms with E-state index in [-0.39, 0.29) is 23.4 Å². The summed E-state index contributed by atoms with van der Waals surface area (Å²) in [5.74, 6) is -0.241. The topological polar surface area (TPSA) is 6.48 Å². The minimum Gasteiger partial charge on any atom is -0.311 e. The lowest BCUT2D eigenvalue weighted by molar-refractivity contribution is 0.591. The van der Waals surface area contributed by atoms with Crippen LogP contribution < -0.4 is 46.9 Å². The summed E-state index contributed by atoms with van der Waals surface area (Å²) in [6.45, 7) is 13.8. The van der Waals surface area contributed by atoms with E-state index in [0.29, 0.717) is 0 Å². The molecule has 2 nitrogen and oxygen atoms in total. The van der Waals surface area contributed by atoms with Gasteiger partial charge in [-0.25, -0.2) is 4.39 Å². The molecular formula is C50H44BFN2Si. The fourth-order valence-corrected chi connectivity index (χ4v) is 15.1. The van der Waals surface area contributed by atoms with Gasteiger partial charge in [0.05, 0.1) is 0 Å². The molecule has 0 amide bonds. The van der Waals surface area contributed by atoms with Crippen LogP contribution in [0.4, 0.5) is 38.5 Å². The Morgan fingerprint density at radius 2 is 0.782 bits per heavy atom. The second-order valence-electron chi connectivity index (χ2n) is 17.5. The van der Waals surface area contributed by atoms with E-state index < -0.39 is 8.07 Å². The van der Waals surface area contributed by atoms with E-state index in [1.54, 1.807) is 12.1 Å². The highest BCUT2D eigenvalue weighted by molar-refractivity contribution is 7.27. The van der Waals surface area contributed by atoms with Crippen molar-refractivity contribution in [1.29, 1.82) is 0 Å². The van der Waals surface area contributed by atoms with Gasteiger partial charge < -0.3 is 9.80 Å². The molecule has 3 aliphatic heterocycles. The summed E-state index contributed by atoms with van der Waals surface area (Å²) in [5.41, 5.74) is 12.3. The lowest BCUT2D eigenvalue weighted by atomic mass is 9.33. The molecule has 7 aromatic carbocycles. The summed E-state index contributed by atoms with van der Waals surface area (Å²) in [7, 11) is -3.07. The van der Waals surface area contributed by atoms with E-state index in [4.69, 9.17) is 0 Å². The van der Waals surface area contributed by atoms with Crippen molar-refractivity contribution in [2.24, 2.45) is 0 Å². The molecule has 5 heteroatoms. The smallest absolute Gasteiger partial charge is 0.251 e. The first-order chi connectivity index (χ1) is 26.5. The maximum absolute atomic E-state index is 16.6. The standard InChI is InChI=1S/C50H44BFN2Si/c1-49(2,3)33-27-40-47-44(29-33)55(38-23-15-9-16-24-38,39-25-17-10-18-26-39)45-30-34(50(4,5)6)28-41-48(45)51(47)46-42(53(40)36-19-11-7-12-20-36)31-35(52)32-43(46)54(41)37-21-13-8-14-22-37/h7-32H,1-6H3. The predicted molar refractivity (Wildman–Crippen MR) is 235 cm³/mol. The molecule has 0 unspecified atom stereocenters. The zero-order valence-electron chi connectivity index (χ0n) is 32.4. The molecule has 0 aliphatic carbocycles. The van der Waals surface area contributed by atoms with E-state index in [1.165, 1.54) is 42.8 Å². The Kier molecular flexibility index (Phi) is 7.35. The zero-order chi connectivity index (χ0) is 37.9. The summed E-state index contributed by atoms with van der Waals surface area (Å²) in [6, 6.07) is 57.5. The minimum absolute atomic E-state index is 0.0865. The minimum atomic E-state index is -3.07. The Morgan fingerprint density at radius 1 is 0.436 bits per heavy atom. The van der Waals surface area contributed by atoms with Gasteiger partial charge >= 0.3 is 0 Å². The van der Waals surface area contributed by atoms with Gasteiger partial charge in [0.15, 0.2) is 8.07 Å². The summed E-state index contributed by atoms with van der Waals surface area (Å²) >= 11 is 0. The van der Waals surface area contributed by atoms with Gasteiger partial charge in [0.1, 0.15) is 5.82 Å². The van der Waals surface area contributed by atoms with Gasteiger partial charge in [0.2, 0.25) is 0 Å². The normalized spacial score (nSPS) is 14.9. The Bertz CT molecular complexity index is 2450. The van der Waals surface area contributed by atoms with E-state index in [0.717, 1.165) is 39.6 Å². The van der Waals surface area contributed by atoms with Crippen molar-refractivity contribution >= 4 is 86.0 Å². The van der Waals surface area contributed by atoms with Crippen molar-refractivity contribution in [2.45, 2.75) is 52.4 Å². The molecule has 3 aliphatic rings. The number of benzene rings is 7. The van der Waals surface area contributed by atoms with Crippen LogP contribution in [0.25, 0.3) is 0 Å². The molecule has 0 radical (unpaired) electrons. The van der Waals surface area contributed by atoms with Gasteiger partial charge in [0, 0.05) is 34.1 Å². The molecule has 268 valence electrons. The maximum atomic E-state index is 16.6. The summed E-state index contributed by atoms with van der Waals surface area (Å²) in [4.78, 5) is 4.73. The van der Waals surface area contributed by atoms with Gasteiger partial charge in [-0.15, -0.1) is 0 Å². The van der Waals surface area contributed by atoms with Gasteiger partial charge in [-0.3, -0.25) is 0 Å². The molecular weight excluding hydrogens is 686 g/mol. The lowest BCUT2D eigenvalue weighted by Gasteiger charge is -2.52. The van der Waals surface area contributed by atoms with Crippen molar-refractivity contribution < 1.29 is 4.39 Å². The second kappa shape index (κ2) is 11.9. The third kappa shape index (κ3) is 4.85. The average Bonchev–Trinajstić information content (AvgIpc) is 3.18. The highest BCUT2D eigenvalue weighted by Crippen LogP contribution is 2.46. The Morgan fingerprint density at radius 3 is 1.15 bits per heavy atom. The second-order valence-corrected chi connectivity index (χ2v) is 21.3. The van der Waals surface area contributed by atoms with Gasteiger partial charge in [-0.1, -0.05) is 151 Å². The Labute approximate surface area is 326 Å². The fraction of sp³-hybridized carbons (Fsp3) is 0.160. The van der Waals surface area contributed by atoms with Crippen molar-refractivity contribution in [3.8, 4) is 0 Å². The highest BCUT2D eigenvalue weighted by atomic mass is 28.3. The number of nitrogens with zero attached hydrogens (tertiary/aromatic N) is 2. The van der Waals surface area contributed by atoms with Gasteiger partial charge in [-0.2, -0.15) is 0 Å². The van der Waals surface area contributed by atoms with Crippen molar-refractivity contribution in [3.63, 3.8) is 0 Å². The molecule has 7 aromatic rings. The fourth-order valence-electron chi connectivity index (χ4n) is 9.71. The first-order valence-electron chi connectivity index (χ1n) is 19.5. The largest absolute Gasteiger partial charge is 0.311 e. The maximum Gasteiger partial charge on any atom is 0.251 e. The van der Waals surface area contributed by atoms with E-state index in [1.807, 2.05) is 0 Å². The van der Waals surface area contributed by atoms with Crippen LogP contribution >= 0.6 is 0 Å². The highest BCUT2D eigenvalue weighted by Gasteiger charge is 2.57. The molecule has 0 aromatic heterocycles. The summed E-state index contributed by atoms with van der Waals surface area (Å²) < 4.78 is 16.6. The van der Waals surface area contributed by atoms with Crippen LogP contribution in [-0.4, -0.2) is 14.8 Å². The third-order valence-electron chi connectivity index (χ3n) is 12.2. The number of rotatable bonds is 4. The predicted octanol–water partition coefficient (Wildman–Crippen LogP) is 8.19. The van der Waals surface area contributed by atoms with Crippen LogP contribution in [0.3, 0.4) is 0 Å². The average molecular weight is 731 g/mol. The van der Waals surface area contributed by atoms with Crippen LogP contribution in [-0.2, 0) is 10.8 Å². The molecule has 0 spiro atoms. The van der Waals surface area contributed by atoms with Crippen molar-refractivity contribution in [2.75, 3.05) is 9.80 Å². The number of hydrogen-bond acceptors (Lipinski definition) is 2. The zero-order valence-corrected chi connectivity index (χ0v) is 33.4. The lowest BCUT2D eigenvalue weighted by Crippen LogP contribution is -2.88. The number of halogens is 1. The number of anilines is 6. The molecule has 0 bridgehead atoms. The van der Waals surface area contributed by atoms with Crippen LogP contribution in [0.2, 0.25) is 0 Å². The van der Waals surface area contributed by atoms with E-state index >= 15 is 4.39 Å². The van der Waals surface area contributed by atoms with Crippen molar-refractivity contribution in [1.82, 2.24) is 0 Å². The molecule has 0 saturated carbocycles. The first-order valence-corrected chi connectivity index (χ1v) is 21.5. The van der Waals surface area contributed by atoms with Crippen molar-refractivity contribution in [3.05, 3.63) is 175 Å². The molecule has 0 atom stereocenters. The Hall–Kier alpha value is -5.65. The SMILES string of the molecule is CC(C)(C)c1cc2c3c(c1)[Si](c1ccccc1)(c1ccccc1)c1cc(C(C)(C)C)cc4c1B3c1c(cc(F)cc1N4c1ccccc1)N2c1ccccc1. The van der Waals surface area contributed by atoms with Gasteiger partial charge in [-0.05, 0) is 108 Å². The van der Waals surface area contributed by atoms with Crippen LogP contribution in [0.5, 0.6) is 0 Å². The van der Waals surface area contributed by atoms with Crippen LogP contribution in [0.1, 0.15) is 52.7 Å². The molecule has 55 heavy (non-hydrogen) atoms. The monoisotopic (exact) mass is 730 g/mol. The number of para-hydroxylation sites is 2. The third-order valence-corrected chi connectivity index (χ3v) is 17.1. The number of hydrogen-bond donors (Lipinski definition) is 0. The van der Waals surface area contributed by atoms with E-state index in [9.17, 15) is 0 Å². The van der Waals surface area contributed by atoms with Gasteiger partial charge in [0.25, 0.3) is 6.71 Å². The van der Waals surface area contributed by atoms with Crippen LogP contribution in [0.15, 0.2) is 158 Å². The molecule has 0 fully saturated rings. The molecule has 3 heterocycles. The van der Waals surface area contributed by atoms with E-state index in [2.05, 4.69) is 197 Å². The summed E-state index contributed by atoms with van der Waals surface area (Å²) in [5, 5.41) is 5.59. The molecule has 0 saturated heterocycles.